The standard InChI is InChI=1S/C18H16N4O/c1-2-23-16-7-3-5-12-11-13(8-9-14(12)16)20-18-17-15(21-22-18)6-4-10-19-17/h3-11H,2H2,1H3,(H2,20,21,22). The van der Waals surface area contributed by atoms with Crippen LogP contribution in [0.1, 0.15) is 6.92 Å². The first-order valence-electron chi connectivity index (χ1n) is 7.57. The smallest absolute Gasteiger partial charge is 0.178 e. The first-order chi connectivity index (χ1) is 11.3. The summed E-state index contributed by atoms with van der Waals surface area (Å²) in [4.78, 5) is 4.36. The number of anilines is 2. The number of nitrogens with zero attached hydrogens (tertiary/aromatic N) is 2. The normalized spacial score (nSPS) is 11.0. The van der Waals surface area contributed by atoms with Crippen LogP contribution in [0.5, 0.6) is 5.75 Å². The van der Waals surface area contributed by atoms with E-state index in [1.165, 1.54) is 0 Å². The van der Waals surface area contributed by atoms with Crippen LogP contribution in [0.3, 0.4) is 0 Å². The molecule has 5 heteroatoms. The van der Waals surface area contributed by atoms with E-state index in [9.17, 15) is 0 Å². The lowest BCUT2D eigenvalue weighted by molar-refractivity contribution is 0.344. The van der Waals surface area contributed by atoms with Crippen molar-refractivity contribution >= 4 is 33.3 Å². The SMILES string of the molecule is CCOc1cccc2cc(Nc3n[nH]c4cccnc34)ccc12. The van der Waals surface area contributed by atoms with Gasteiger partial charge >= 0.3 is 0 Å². The summed E-state index contributed by atoms with van der Waals surface area (Å²) in [6.07, 6.45) is 1.76. The van der Waals surface area contributed by atoms with E-state index >= 15 is 0 Å². The average Bonchev–Trinajstić information content (AvgIpc) is 2.98. The molecule has 0 aliphatic rings. The lowest BCUT2D eigenvalue weighted by atomic mass is 10.1. The molecule has 2 aromatic carbocycles. The molecule has 0 unspecified atom stereocenters. The van der Waals surface area contributed by atoms with Crippen molar-refractivity contribution in [3.63, 3.8) is 0 Å². The van der Waals surface area contributed by atoms with Gasteiger partial charge in [-0.05, 0) is 48.7 Å². The Balaban J connectivity index is 1.72. The third-order valence-electron chi connectivity index (χ3n) is 3.72. The number of pyridine rings is 1. The summed E-state index contributed by atoms with van der Waals surface area (Å²) in [7, 11) is 0. The number of rotatable bonds is 4. The minimum Gasteiger partial charge on any atom is -0.493 e. The van der Waals surface area contributed by atoms with Crippen molar-refractivity contribution in [1.29, 1.82) is 0 Å². The molecule has 114 valence electrons. The molecule has 0 fully saturated rings. The number of fused-ring (bicyclic) bond motifs is 2. The van der Waals surface area contributed by atoms with E-state index in [1.807, 2.05) is 37.3 Å². The molecule has 2 heterocycles. The molecule has 0 spiro atoms. The van der Waals surface area contributed by atoms with Crippen molar-refractivity contribution in [1.82, 2.24) is 15.2 Å². The third kappa shape index (κ3) is 2.46. The average molecular weight is 304 g/mol. The fourth-order valence-electron chi connectivity index (χ4n) is 2.69. The summed E-state index contributed by atoms with van der Waals surface area (Å²) >= 11 is 0. The van der Waals surface area contributed by atoms with E-state index in [0.717, 1.165) is 39.1 Å². The number of H-pyrrole nitrogens is 1. The summed E-state index contributed by atoms with van der Waals surface area (Å²) in [5, 5.41) is 12.8. The van der Waals surface area contributed by atoms with Crippen LogP contribution in [0, 0.1) is 0 Å². The summed E-state index contributed by atoms with van der Waals surface area (Å²) < 4.78 is 5.67. The highest BCUT2D eigenvalue weighted by Gasteiger charge is 2.08. The second kappa shape index (κ2) is 5.61. The Kier molecular flexibility index (Phi) is 3.31. The van der Waals surface area contributed by atoms with Gasteiger partial charge in [0.2, 0.25) is 0 Å². The number of benzene rings is 2. The van der Waals surface area contributed by atoms with Crippen molar-refractivity contribution in [2.75, 3.05) is 11.9 Å². The van der Waals surface area contributed by atoms with Crippen molar-refractivity contribution in [3.05, 3.63) is 54.7 Å². The van der Waals surface area contributed by atoms with E-state index in [0.29, 0.717) is 6.61 Å². The Morgan fingerprint density at radius 2 is 2.09 bits per heavy atom. The Hall–Kier alpha value is -3.08. The van der Waals surface area contributed by atoms with Crippen LogP contribution in [-0.2, 0) is 0 Å². The Labute approximate surface area is 133 Å². The quantitative estimate of drug-likeness (QED) is 0.591. The molecule has 0 radical (unpaired) electrons. The molecule has 0 atom stereocenters. The van der Waals surface area contributed by atoms with Crippen LogP contribution in [0.2, 0.25) is 0 Å². The summed E-state index contributed by atoms with van der Waals surface area (Å²) in [5.41, 5.74) is 2.70. The molecule has 0 amide bonds. The van der Waals surface area contributed by atoms with Gasteiger partial charge in [-0.2, -0.15) is 5.10 Å². The van der Waals surface area contributed by atoms with Crippen LogP contribution >= 0.6 is 0 Å². The zero-order valence-electron chi connectivity index (χ0n) is 12.7. The molecule has 23 heavy (non-hydrogen) atoms. The van der Waals surface area contributed by atoms with Gasteiger partial charge in [-0.25, -0.2) is 0 Å². The number of aromatic amines is 1. The van der Waals surface area contributed by atoms with Crippen molar-refractivity contribution in [3.8, 4) is 5.75 Å². The van der Waals surface area contributed by atoms with E-state index in [-0.39, 0.29) is 0 Å². The van der Waals surface area contributed by atoms with Crippen LogP contribution in [0.4, 0.5) is 11.5 Å². The van der Waals surface area contributed by atoms with Crippen LogP contribution in [0.25, 0.3) is 21.8 Å². The van der Waals surface area contributed by atoms with Crippen molar-refractivity contribution < 1.29 is 4.74 Å². The second-order valence-corrected chi connectivity index (χ2v) is 5.22. The molecular formula is C18H16N4O. The van der Waals surface area contributed by atoms with E-state index < -0.39 is 0 Å². The zero-order valence-corrected chi connectivity index (χ0v) is 12.7. The number of hydrogen-bond acceptors (Lipinski definition) is 4. The lowest BCUT2D eigenvalue weighted by Gasteiger charge is -2.09. The lowest BCUT2D eigenvalue weighted by Crippen LogP contribution is -1.94. The second-order valence-electron chi connectivity index (χ2n) is 5.22. The van der Waals surface area contributed by atoms with E-state index in [4.69, 9.17) is 4.74 Å². The van der Waals surface area contributed by atoms with E-state index in [2.05, 4.69) is 38.7 Å². The molecule has 4 rings (SSSR count). The van der Waals surface area contributed by atoms with Gasteiger partial charge in [-0.3, -0.25) is 10.1 Å². The predicted molar refractivity (Wildman–Crippen MR) is 92.3 cm³/mol. The van der Waals surface area contributed by atoms with Gasteiger partial charge in [0.25, 0.3) is 0 Å². The van der Waals surface area contributed by atoms with Crippen molar-refractivity contribution in [2.24, 2.45) is 0 Å². The topological polar surface area (TPSA) is 62.8 Å². The highest BCUT2D eigenvalue weighted by atomic mass is 16.5. The fraction of sp³-hybridized carbons (Fsp3) is 0.111. The highest BCUT2D eigenvalue weighted by molar-refractivity contribution is 5.93. The van der Waals surface area contributed by atoms with Crippen LogP contribution < -0.4 is 10.1 Å². The molecule has 5 nitrogen and oxygen atoms in total. The summed E-state index contributed by atoms with van der Waals surface area (Å²) in [6, 6.07) is 16.1. The number of hydrogen-bond donors (Lipinski definition) is 2. The first-order valence-corrected chi connectivity index (χ1v) is 7.57. The summed E-state index contributed by atoms with van der Waals surface area (Å²) in [6.45, 7) is 2.65. The molecule has 4 aromatic rings. The first kappa shape index (κ1) is 13.6. The van der Waals surface area contributed by atoms with Crippen molar-refractivity contribution in [2.45, 2.75) is 6.92 Å². The van der Waals surface area contributed by atoms with Gasteiger partial charge in [0.05, 0.1) is 12.1 Å². The van der Waals surface area contributed by atoms with Crippen LogP contribution in [0.15, 0.2) is 54.7 Å². The largest absolute Gasteiger partial charge is 0.493 e. The Morgan fingerprint density at radius 1 is 1.13 bits per heavy atom. The molecule has 0 saturated heterocycles. The summed E-state index contributed by atoms with van der Waals surface area (Å²) in [5.74, 6) is 1.63. The molecule has 0 saturated carbocycles. The van der Waals surface area contributed by atoms with Gasteiger partial charge in [-0.1, -0.05) is 12.1 Å². The molecule has 2 aromatic heterocycles. The third-order valence-corrected chi connectivity index (χ3v) is 3.72. The Morgan fingerprint density at radius 3 is 3.00 bits per heavy atom. The molecule has 0 aliphatic carbocycles. The fourth-order valence-corrected chi connectivity index (χ4v) is 2.69. The molecule has 0 aliphatic heterocycles. The monoisotopic (exact) mass is 304 g/mol. The molecule has 2 N–H and O–H groups in total. The van der Waals surface area contributed by atoms with Crippen LogP contribution in [-0.4, -0.2) is 21.8 Å². The molecule has 0 bridgehead atoms. The van der Waals surface area contributed by atoms with Gasteiger partial charge in [0.15, 0.2) is 5.82 Å². The maximum Gasteiger partial charge on any atom is 0.178 e. The maximum absolute atomic E-state index is 5.67. The van der Waals surface area contributed by atoms with Gasteiger partial charge in [-0.15, -0.1) is 0 Å². The number of ether oxygens (including phenoxy) is 1. The van der Waals surface area contributed by atoms with E-state index in [1.54, 1.807) is 6.20 Å². The minimum absolute atomic E-state index is 0.657. The van der Waals surface area contributed by atoms with Gasteiger partial charge in [0.1, 0.15) is 11.3 Å². The maximum atomic E-state index is 5.67. The number of nitrogens with one attached hydrogen (secondary N) is 2. The zero-order chi connectivity index (χ0) is 15.6. The molecular weight excluding hydrogens is 288 g/mol. The number of aromatic nitrogens is 3. The highest BCUT2D eigenvalue weighted by Crippen LogP contribution is 2.29. The predicted octanol–water partition coefficient (Wildman–Crippen LogP) is 4.25. The van der Waals surface area contributed by atoms with Gasteiger partial charge < -0.3 is 10.1 Å². The minimum atomic E-state index is 0.657. The Bertz CT molecular complexity index is 977. The van der Waals surface area contributed by atoms with Gasteiger partial charge in [0, 0.05) is 17.3 Å².